The van der Waals surface area contributed by atoms with Crippen molar-refractivity contribution in [2.75, 3.05) is 18.8 Å². The van der Waals surface area contributed by atoms with Gasteiger partial charge in [0.15, 0.2) is 5.60 Å². The molecule has 21 heavy (non-hydrogen) atoms. The van der Waals surface area contributed by atoms with E-state index in [-0.39, 0.29) is 12.3 Å². The topological polar surface area (TPSA) is 124 Å². The van der Waals surface area contributed by atoms with Gasteiger partial charge in [-0.2, -0.15) is 4.31 Å². The molecule has 1 aliphatic rings. The number of aliphatic carboxylic acids is 1. The third-order valence-corrected chi connectivity index (χ3v) is 5.47. The molecule has 0 radical (unpaired) electrons. The summed E-state index contributed by atoms with van der Waals surface area (Å²) < 4.78 is 25.3. The van der Waals surface area contributed by atoms with Gasteiger partial charge in [-0.25, -0.2) is 13.2 Å². The minimum atomic E-state index is -3.48. The van der Waals surface area contributed by atoms with Crippen molar-refractivity contribution in [2.45, 2.75) is 44.8 Å². The average Bonchev–Trinajstić information content (AvgIpc) is 2.85. The van der Waals surface area contributed by atoms with Crippen LogP contribution in [0.4, 0.5) is 0 Å². The first kappa shape index (κ1) is 17.9. The van der Waals surface area contributed by atoms with Gasteiger partial charge in [0, 0.05) is 6.54 Å². The maximum atomic E-state index is 12.1. The van der Waals surface area contributed by atoms with Crippen molar-refractivity contribution in [3.05, 3.63) is 0 Å². The van der Waals surface area contributed by atoms with Crippen LogP contribution >= 0.6 is 0 Å². The molecule has 0 saturated carbocycles. The van der Waals surface area contributed by atoms with Crippen molar-refractivity contribution >= 4 is 21.9 Å². The smallest absolute Gasteiger partial charge is 0.337 e. The first-order valence-electron chi connectivity index (χ1n) is 6.85. The summed E-state index contributed by atoms with van der Waals surface area (Å²) in [6.07, 6.45) is 1.43. The highest BCUT2D eigenvalue weighted by molar-refractivity contribution is 7.89. The Kier molecular flexibility index (Phi) is 5.71. The molecule has 1 aliphatic heterocycles. The highest BCUT2D eigenvalue weighted by Crippen LogP contribution is 2.22. The van der Waals surface area contributed by atoms with Crippen LogP contribution in [-0.4, -0.2) is 65.3 Å². The van der Waals surface area contributed by atoms with Crippen LogP contribution in [0.3, 0.4) is 0 Å². The van der Waals surface area contributed by atoms with E-state index < -0.39 is 40.1 Å². The summed E-state index contributed by atoms with van der Waals surface area (Å²) in [6, 6.07) is -0.828. The van der Waals surface area contributed by atoms with Gasteiger partial charge in [-0.3, -0.25) is 4.79 Å². The Morgan fingerprint density at radius 2 is 2.05 bits per heavy atom. The number of rotatable bonds is 7. The maximum absolute atomic E-state index is 12.1. The lowest BCUT2D eigenvalue weighted by molar-refractivity contribution is -0.156. The molecule has 9 heteroatoms. The average molecular weight is 322 g/mol. The summed E-state index contributed by atoms with van der Waals surface area (Å²) in [5.41, 5.74) is -2.08. The predicted molar refractivity (Wildman–Crippen MR) is 75.1 cm³/mol. The van der Waals surface area contributed by atoms with E-state index in [1.807, 2.05) is 0 Å². The van der Waals surface area contributed by atoms with E-state index in [4.69, 9.17) is 5.11 Å². The van der Waals surface area contributed by atoms with Crippen LogP contribution < -0.4 is 5.32 Å². The number of hydrogen-bond acceptors (Lipinski definition) is 5. The van der Waals surface area contributed by atoms with Gasteiger partial charge in [0.25, 0.3) is 0 Å². The van der Waals surface area contributed by atoms with Crippen LogP contribution in [0.1, 0.15) is 33.1 Å². The molecule has 0 spiro atoms. The number of sulfonamides is 1. The van der Waals surface area contributed by atoms with Gasteiger partial charge >= 0.3 is 5.97 Å². The van der Waals surface area contributed by atoms with Gasteiger partial charge in [0.2, 0.25) is 15.9 Å². The lowest BCUT2D eigenvalue weighted by Gasteiger charge is -2.25. The molecule has 0 bridgehead atoms. The van der Waals surface area contributed by atoms with Crippen molar-refractivity contribution in [1.82, 2.24) is 9.62 Å². The van der Waals surface area contributed by atoms with Gasteiger partial charge in [0.05, 0.1) is 12.3 Å². The Hall–Kier alpha value is -1.19. The van der Waals surface area contributed by atoms with Crippen LogP contribution in [0.25, 0.3) is 0 Å². The predicted octanol–water partition coefficient (Wildman–Crippen LogP) is -0.858. The van der Waals surface area contributed by atoms with E-state index in [2.05, 4.69) is 5.32 Å². The van der Waals surface area contributed by atoms with E-state index in [9.17, 15) is 23.1 Å². The zero-order valence-corrected chi connectivity index (χ0v) is 13.0. The lowest BCUT2D eigenvalue weighted by Crippen LogP contribution is -2.52. The van der Waals surface area contributed by atoms with Crippen LogP contribution in [-0.2, 0) is 19.6 Å². The number of nitrogens with one attached hydrogen (secondary N) is 1. The molecule has 1 saturated heterocycles. The highest BCUT2D eigenvalue weighted by Gasteiger charge is 2.39. The van der Waals surface area contributed by atoms with Gasteiger partial charge in [-0.15, -0.1) is 0 Å². The molecule has 0 aromatic heterocycles. The Morgan fingerprint density at radius 3 is 2.57 bits per heavy atom. The number of carbonyl (C=O) groups excluding carboxylic acids is 1. The first-order valence-corrected chi connectivity index (χ1v) is 8.45. The number of hydrogen-bond donors (Lipinski definition) is 3. The van der Waals surface area contributed by atoms with Crippen LogP contribution in [0.15, 0.2) is 0 Å². The second-order valence-corrected chi connectivity index (χ2v) is 7.42. The van der Waals surface area contributed by atoms with E-state index in [1.165, 1.54) is 4.31 Å². The molecule has 1 heterocycles. The number of nitrogens with zero attached hydrogens (tertiary/aromatic N) is 1. The van der Waals surface area contributed by atoms with E-state index in [0.29, 0.717) is 19.3 Å². The minimum absolute atomic E-state index is 0.0242. The quantitative estimate of drug-likeness (QED) is 0.560. The van der Waals surface area contributed by atoms with Crippen molar-refractivity contribution in [2.24, 2.45) is 0 Å². The van der Waals surface area contributed by atoms with Crippen LogP contribution in [0.2, 0.25) is 0 Å². The zero-order valence-electron chi connectivity index (χ0n) is 12.2. The summed E-state index contributed by atoms with van der Waals surface area (Å²) in [5.74, 6) is -2.05. The summed E-state index contributed by atoms with van der Waals surface area (Å²) in [6.45, 7) is 2.62. The molecule has 2 unspecified atom stereocenters. The normalized spacial score (nSPS) is 22.7. The standard InChI is InChI=1S/C12H22N2O6S/c1-3-7-21(19,20)14-6-4-5-9(14)10(15)13-8-12(2,18)11(16)17/h9,18H,3-8H2,1-2H3,(H,13,15)(H,16,17). The molecule has 0 aliphatic carbocycles. The SMILES string of the molecule is CCCS(=O)(=O)N1CCCC1C(=O)NCC(C)(O)C(=O)O. The van der Waals surface area contributed by atoms with E-state index >= 15 is 0 Å². The molecule has 3 N–H and O–H groups in total. The highest BCUT2D eigenvalue weighted by atomic mass is 32.2. The molecule has 0 aromatic carbocycles. The van der Waals surface area contributed by atoms with Gasteiger partial charge in [0.1, 0.15) is 6.04 Å². The third-order valence-electron chi connectivity index (χ3n) is 3.39. The Balaban J connectivity index is 2.71. The lowest BCUT2D eigenvalue weighted by atomic mass is 10.1. The zero-order chi connectivity index (χ0) is 16.3. The van der Waals surface area contributed by atoms with Crippen LogP contribution in [0.5, 0.6) is 0 Å². The first-order chi connectivity index (χ1) is 9.62. The fourth-order valence-corrected chi connectivity index (χ4v) is 3.91. The molecular weight excluding hydrogens is 300 g/mol. The number of carboxylic acids is 1. The molecule has 0 aromatic rings. The summed E-state index contributed by atoms with van der Waals surface area (Å²) in [4.78, 5) is 22.8. The number of carboxylic acid groups (broad SMARTS) is 1. The molecule has 1 rings (SSSR count). The third kappa shape index (κ3) is 4.39. The van der Waals surface area contributed by atoms with Crippen LogP contribution in [0, 0.1) is 0 Å². The van der Waals surface area contributed by atoms with Crippen molar-refractivity contribution in [3.63, 3.8) is 0 Å². The maximum Gasteiger partial charge on any atom is 0.337 e. The van der Waals surface area contributed by atoms with E-state index in [0.717, 1.165) is 6.92 Å². The molecule has 1 fully saturated rings. The number of amides is 1. The van der Waals surface area contributed by atoms with Gasteiger partial charge in [-0.05, 0) is 26.2 Å². The Morgan fingerprint density at radius 1 is 1.43 bits per heavy atom. The van der Waals surface area contributed by atoms with E-state index in [1.54, 1.807) is 6.92 Å². The molecule has 8 nitrogen and oxygen atoms in total. The molecule has 122 valence electrons. The fraction of sp³-hybridized carbons (Fsp3) is 0.833. The number of carbonyl (C=O) groups is 2. The fourth-order valence-electron chi connectivity index (χ4n) is 2.16. The summed E-state index contributed by atoms with van der Waals surface area (Å²) in [7, 11) is -3.48. The second kappa shape index (κ2) is 6.71. The Labute approximate surface area is 124 Å². The van der Waals surface area contributed by atoms with Crippen molar-refractivity contribution < 1.29 is 28.2 Å². The molecule has 2 atom stereocenters. The second-order valence-electron chi connectivity index (χ2n) is 5.38. The summed E-state index contributed by atoms with van der Waals surface area (Å²) in [5, 5.41) is 20.6. The Bertz CT molecular complexity index is 502. The van der Waals surface area contributed by atoms with Gasteiger partial charge in [-0.1, -0.05) is 6.92 Å². The monoisotopic (exact) mass is 322 g/mol. The minimum Gasteiger partial charge on any atom is -0.479 e. The summed E-state index contributed by atoms with van der Waals surface area (Å²) >= 11 is 0. The van der Waals surface area contributed by atoms with Crippen molar-refractivity contribution in [1.29, 1.82) is 0 Å². The largest absolute Gasteiger partial charge is 0.479 e. The van der Waals surface area contributed by atoms with Crippen molar-refractivity contribution in [3.8, 4) is 0 Å². The molecule has 1 amide bonds. The molecular formula is C12H22N2O6S. The number of aliphatic hydroxyl groups is 1. The van der Waals surface area contributed by atoms with Gasteiger partial charge < -0.3 is 15.5 Å².